The van der Waals surface area contributed by atoms with Crippen LogP contribution in [-0.4, -0.2) is 46.8 Å². The number of thioether (sulfide) groups is 1. The normalized spacial score (nSPS) is 29.1. The summed E-state index contributed by atoms with van der Waals surface area (Å²) in [5.74, 6) is 1.29. The average molecular weight is 298 g/mol. The molecule has 0 bridgehead atoms. The van der Waals surface area contributed by atoms with Crippen LogP contribution in [-0.2, 0) is 9.59 Å². The van der Waals surface area contributed by atoms with E-state index in [1.807, 2.05) is 37.4 Å². The maximum Gasteiger partial charge on any atom is 0.245 e. The van der Waals surface area contributed by atoms with Crippen LogP contribution in [0.15, 0.2) is 0 Å². The molecule has 2 fully saturated rings. The van der Waals surface area contributed by atoms with E-state index in [4.69, 9.17) is 0 Å². The standard InChI is InChI=1S/C15H26N2O2S/c1-15(2,3)13-14(19)17(8-7-12(18)16-13)10-11-6-4-5-9-20-11/h11,13H,4-10H2,1-3H3,(H,16,18). The molecule has 20 heavy (non-hydrogen) atoms. The molecule has 0 aromatic carbocycles. The van der Waals surface area contributed by atoms with Gasteiger partial charge in [-0.2, -0.15) is 11.8 Å². The lowest BCUT2D eigenvalue weighted by atomic mass is 9.86. The maximum absolute atomic E-state index is 12.7. The molecule has 0 aromatic rings. The maximum atomic E-state index is 12.7. The molecule has 2 heterocycles. The van der Waals surface area contributed by atoms with Gasteiger partial charge in [0.2, 0.25) is 11.8 Å². The highest BCUT2D eigenvalue weighted by Gasteiger charge is 2.38. The second-order valence-corrected chi connectivity index (χ2v) is 8.30. The van der Waals surface area contributed by atoms with Gasteiger partial charge in [-0.15, -0.1) is 0 Å². The summed E-state index contributed by atoms with van der Waals surface area (Å²) in [6.45, 7) is 7.39. The van der Waals surface area contributed by atoms with E-state index in [1.54, 1.807) is 0 Å². The summed E-state index contributed by atoms with van der Waals surface area (Å²) >= 11 is 1.98. The molecule has 2 aliphatic heterocycles. The zero-order chi connectivity index (χ0) is 14.8. The van der Waals surface area contributed by atoms with Crippen LogP contribution in [0.1, 0.15) is 46.5 Å². The SMILES string of the molecule is CC(C)(C)C1NC(=O)CCN(CC2CCCCS2)C1=O. The Morgan fingerprint density at radius 3 is 2.65 bits per heavy atom. The highest BCUT2D eigenvalue weighted by atomic mass is 32.2. The van der Waals surface area contributed by atoms with Crippen molar-refractivity contribution in [2.24, 2.45) is 5.41 Å². The number of nitrogens with one attached hydrogen (secondary N) is 1. The minimum absolute atomic E-state index is 0.00271. The van der Waals surface area contributed by atoms with E-state index >= 15 is 0 Å². The van der Waals surface area contributed by atoms with Crippen molar-refractivity contribution in [3.63, 3.8) is 0 Å². The number of nitrogens with zero attached hydrogens (tertiary/aromatic N) is 1. The van der Waals surface area contributed by atoms with Gasteiger partial charge in [0.25, 0.3) is 0 Å². The van der Waals surface area contributed by atoms with E-state index in [-0.39, 0.29) is 17.2 Å². The lowest BCUT2D eigenvalue weighted by Gasteiger charge is -2.34. The first-order chi connectivity index (χ1) is 9.38. The Labute approximate surface area is 126 Å². The van der Waals surface area contributed by atoms with Gasteiger partial charge in [0, 0.05) is 24.8 Å². The van der Waals surface area contributed by atoms with E-state index in [2.05, 4.69) is 5.32 Å². The van der Waals surface area contributed by atoms with Gasteiger partial charge < -0.3 is 10.2 Å². The monoisotopic (exact) mass is 298 g/mol. The van der Waals surface area contributed by atoms with Crippen molar-refractivity contribution in [3.05, 3.63) is 0 Å². The minimum atomic E-state index is -0.397. The second-order valence-electron chi connectivity index (χ2n) is 6.89. The molecule has 0 saturated carbocycles. The molecule has 2 unspecified atom stereocenters. The molecule has 0 aliphatic carbocycles. The molecular weight excluding hydrogens is 272 g/mol. The Kier molecular flexibility index (Phi) is 4.99. The first-order valence-corrected chi connectivity index (χ1v) is 8.62. The Hall–Kier alpha value is -0.710. The summed E-state index contributed by atoms with van der Waals surface area (Å²) in [5, 5.41) is 3.44. The fourth-order valence-corrected chi connectivity index (χ4v) is 4.11. The lowest BCUT2D eigenvalue weighted by molar-refractivity contribution is -0.136. The molecule has 0 aromatic heterocycles. The first kappa shape index (κ1) is 15.7. The number of amides is 2. The Bertz CT molecular complexity index is 373. The predicted octanol–water partition coefficient (Wildman–Crippen LogP) is 2.04. The third-order valence-corrected chi connectivity index (χ3v) is 5.42. The summed E-state index contributed by atoms with van der Waals surface area (Å²) < 4.78 is 0. The molecule has 2 saturated heterocycles. The average Bonchev–Trinajstić information content (AvgIpc) is 2.52. The van der Waals surface area contributed by atoms with Crippen molar-refractivity contribution in [2.75, 3.05) is 18.8 Å². The van der Waals surface area contributed by atoms with Crippen LogP contribution < -0.4 is 5.32 Å². The molecule has 114 valence electrons. The van der Waals surface area contributed by atoms with Gasteiger partial charge in [0.05, 0.1) is 0 Å². The van der Waals surface area contributed by atoms with Crippen LogP contribution >= 0.6 is 11.8 Å². The third kappa shape index (κ3) is 3.90. The number of rotatable bonds is 2. The molecule has 4 nitrogen and oxygen atoms in total. The van der Waals surface area contributed by atoms with E-state index in [1.165, 1.54) is 25.0 Å². The molecule has 5 heteroatoms. The van der Waals surface area contributed by atoms with Crippen LogP contribution in [0.4, 0.5) is 0 Å². The van der Waals surface area contributed by atoms with Crippen LogP contribution in [0.25, 0.3) is 0 Å². The Morgan fingerprint density at radius 1 is 1.30 bits per heavy atom. The number of hydrogen-bond acceptors (Lipinski definition) is 3. The Balaban J connectivity index is 2.06. The summed E-state index contributed by atoms with van der Waals surface area (Å²) in [7, 11) is 0. The zero-order valence-electron chi connectivity index (χ0n) is 12.8. The van der Waals surface area contributed by atoms with Crippen LogP contribution in [0.2, 0.25) is 0 Å². The first-order valence-electron chi connectivity index (χ1n) is 7.57. The van der Waals surface area contributed by atoms with Crippen molar-refractivity contribution in [2.45, 2.75) is 57.7 Å². The van der Waals surface area contributed by atoms with Crippen LogP contribution in [0.3, 0.4) is 0 Å². The van der Waals surface area contributed by atoms with Crippen LogP contribution in [0.5, 0.6) is 0 Å². The van der Waals surface area contributed by atoms with Crippen molar-refractivity contribution in [1.82, 2.24) is 10.2 Å². The van der Waals surface area contributed by atoms with Gasteiger partial charge in [0.1, 0.15) is 6.04 Å². The van der Waals surface area contributed by atoms with Gasteiger partial charge in [-0.3, -0.25) is 9.59 Å². The van der Waals surface area contributed by atoms with Gasteiger partial charge in [-0.1, -0.05) is 27.2 Å². The molecule has 2 atom stereocenters. The number of carbonyl (C=O) groups excluding carboxylic acids is 2. The van der Waals surface area contributed by atoms with Crippen molar-refractivity contribution < 1.29 is 9.59 Å². The van der Waals surface area contributed by atoms with Gasteiger partial charge >= 0.3 is 0 Å². The van der Waals surface area contributed by atoms with E-state index in [0.29, 0.717) is 18.2 Å². The zero-order valence-corrected chi connectivity index (χ0v) is 13.6. The van der Waals surface area contributed by atoms with Crippen LogP contribution in [0, 0.1) is 5.41 Å². The fourth-order valence-electron chi connectivity index (χ4n) is 2.79. The van der Waals surface area contributed by atoms with E-state index < -0.39 is 6.04 Å². The van der Waals surface area contributed by atoms with Gasteiger partial charge in [-0.25, -0.2) is 0 Å². The molecule has 0 spiro atoms. The third-order valence-electron chi connectivity index (χ3n) is 4.04. The largest absolute Gasteiger partial charge is 0.344 e. The number of hydrogen-bond donors (Lipinski definition) is 1. The summed E-state index contributed by atoms with van der Waals surface area (Å²) in [4.78, 5) is 26.5. The van der Waals surface area contributed by atoms with Gasteiger partial charge in [-0.05, 0) is 24.0 Å². The molecule has 1 N–H and O–H groups in total. The highest BCUT2D eigenvalue weighted by Crippen LogP contribution is 2.28. The molecule has 2 rings (SSSR count). The van der Waals surface area contributed by atoms with Crippen molar-refractivity contribution >= 4 is 23.6 Å². The summed E-state index contributed by atoms with van der Waals surface area (Å²) in [6.07, 6.45) is 4.17. The fraction of sp³-hybridized carbons (Fsp3) is 0.867. The lowest BCUT2D eigenvalue weighted by Crippen LogP contribution is -2.52. The molecule has 2 aliphatic rings. The Morgan fingerprint density at radius 2 is 2.05 bits per heavy atom. The van der Waals surface area contributed by atoms with Crippen molar-refractivity contribution in [1.29, 1.82) is 0 Å². The smallest absolute Gasteiger partial charge is 0.245 e. The van der Waals surface area contributed by atoms with Gasteiger partial charge in [0.15, 0.2) is 0 Å². The summed E-state index contributed by atoms with van der Waals surface area (Å²) in [5.41, 5.74) is -0.241. The van der Waals surface area contributed by atoms with E-state index in [0.717, 1.165) is 6.54 Å². The molecular formula is C15H26N2O2S. The predicted molar refractivity (Wildman–Crippen MR) is 82.7 cm³/mol. The topological polar surface area (TPSA) is 49.4 Å². The second kappa shape index (κ2) is 6.37. The number of carbonyl (C=O) groups is 2. The summed E-state index contributed by atoms with van der Waals surface area (Å²) in [6, 6.07) is -0.397. The van der Waals surface area contributed by atoms with E-state index in [9.17, 15) is 9.59 Å². The minimum Gasteiger partial charge on any atom is -0.344 e. The molecule has 2 amide bonds. The molecule has 0 radical (unpaired) electrons. The quantitative estimate of drug-likeness (QED) is 0.848. The van der Waals surface area contributed by atoms with Crippen molar-refractivity contribution in [3.8, 4) is 0 Å². The highest BCUT2D eigenvalue weighted by molar-refractivity contribution is 7.99.